The van der Waals surface area contributed by atoms with Crippen LogP contribution in [0, 0.1) is 5.92 Å². The minimum atomic E-state index is -0.482. The van der Waals surface area contributed by atoms with E-state index in [2.05, 4.69) is 25.1 Å². The lowest BCUT2D eigenvalue weighted by molar-refractivity contribution is -0.244. The summed E-state index contributed by atoms with van der Waals surface area (Å²) in [5, 5.41) is 0.655. The van der Waals surface area contributed by atoms with Gasteiger partial charge in [-0.15, -0.1) is 0 Å². The normalized spacial score (nSPS) is 22.9. The quantitative estimate of drug-likeness (QED) is 0.508. The monoisotopic (exact) mass is 386 g/mol. The first-order chi connectivity index (χ1) is 13.2. The van der Waals surface area contributed by atoms with Gasteiger partial charge < -0.3 is 14.2 Å². The number of ether oxygens (including phenoxy) is 3. The summed E-state index contributed by atoms with van der Waals surface area (Å²) < 4.78 is 18.1. The highest BCUT2D eigenvalue weighted by Crippen LogP contribution is 2.43. The highest BCUT2D eigenvalue weighted by molar-refractivity contribution is 6.31. The van der Waals surface area contributed by atoms with Gasteiger partial charge in [0.2, 0.25) is 0 Å². The van der Waals surface area contributed by atoms with Gasteiger partial charge in [-0.05, 0) is 25.0 Å². The van der Waals surface area contributed by atoms with E-state index in [1.165, 1.54) is 0 Å². The van der Waals surface area contributed by atoms with Crippen molar-refractivity contribution < 1.29 is 14.2 Å². The molecule has 1 aliphatic rings. The van der Waals surface area contributed by atoms with Gasteiger partial charge in [-0.2, -0.15) is 0 Å². The molecule has 0 spiro atoms. The average molecular weight is 387 g/mol. The zero-order valence-electron chi connectivity index (χ0n) is 15.9. The molecule has 0 N–H and O–H groups in total. The molecular formula is C23H27ClO3. The van der Waals surface area contributed by atoms with E-state index < -0.39 is 6.29 Å². The number of halogens is 1. The first-order valence-electron chi connectivity index (χ1n) is 9.54. The van der Waals surface area contributed by atoms with Gasteiger partial charge in [0.15, 0.2) is 6.29 Å². The zero-order chi connectivity index (χ0) is 19.1. The van der Waals surface area contributed by atoms with Crippen LogP contribution in [0.4, 0.5) is 0 Å². The van der Waals surface area contributed by atoms with Crippen LogP contribution < -0.4 is 4.74 Å². The fraction of sp³-hybridized carbons (Fsp3) is 0.391. The van der Waals surface area contributed by atoms with Crippen LogP contribution in [0.2, 0.25) is 5.02 Å². The number of allylic oxidation sites excluding steroid dienone is 2. The molecule has 2 aromatic carbocycles. The molecule has 0 amide bonds. The van der Waals surface area contributed by atoms with Crippen molar-refractivity contribution in [3.8, 4) is 5.75 Å². The van der Waals surface area contributed by atoms with Crippen molar-refractivity contribution in [2.75, 3.05) is 13.7 Å². The number of unbranched alkanes of at least 4 members (excludes halogenated alkanes) is 1. The van der Waals surface area contributed by atoms with Gasteiger partial charge in [-0.25, -0.2) is 0 Å². The second kappa shape index (κ2) is 9.93. The zero-order valence-corrected chi connectivity index (χ0v) is 16.7. The maximum Gasteiger partial charge on any atom is 0.186 e. The first-order valence-corrected chi connectivity index (χ1v) is 9.91. The molecule has 0 aromatic heterocycles. The Hall–Kier alpha value is -1.81. The smallest absolute Gasteiger partial charge is 0.186 e. The Morgan fingerprint density at radius 1 is 1.07 bits per heavy atom. The molecule has 144 valence electrons. The van der Waals surface area contributed by atoms with Gasteiger partial charge in [0.1, 0.15) is 5.75 Å². The Bertz CT molecular complexity index is 759. The molecule has 1 heterocycles. The third-order valence-electron chi connectivity index (χ3n) is 4.83. The number of rotatable bonds is 7. The van der Waals surface area contributed by atoms with Gasteiger partial charge in [0.25, 0.3) is 0 Å². The Labute approximate surface area is 166 Å². The fourth-order valence-corrected chi connectivity index (χ4v) is 3.61. The average Bonchev–Trinajstić information content (AvgIpc) is 2.72. The van der Waals surface area contributed by atoms with Crippen LogP contribution in [0.25, 0.3) is 0 Å². The molecule has 3 nitrogen and oxygen atoms in total. The van der Waals surface area contributed by atoms with Crippen LogP contribution in [-0.4, -0.2) is 13.7 Å². The summed E-state index contributed by atoms with van der Waals surface area (Å²) in [5.74, 6) is 1.05. The van der Waals surface area contributed by atoms with Gasteiger partial charge in [0.05, 0.1) is 19.8 Å². The molecule has 0 saturated carbocycles. The minimum absolute atomic E-state index is 0.123. The number of hydrogen-bond donors (Lipinski definition) is 0. The molecule has 3 atom stereocenters. The summed E-state index contributed by atoms with van der Waals surface area (Å²) in [4.78, 5) is 0. The van der Waals surface area contributed by atoms with Crippen LogP contribution in [0.1, 0.15) is 49.7 Å². The molecule has 4 heteroatoms. The van der Waals surface area contributed by atoms with E-state index in [9.17, 15) is 0 Å². The predicted octanol–water partition coefficient (Wildman–Crippen LogP) is 6.50. The van der Waals surface area contributed by atoms with Crippen LogP contribution in [0.3, 0.4) is 0 Å². The Kier molecular flexibility index (Phi) is 7.33. The lowest BCUT2D eigenvalue weighted by atomic mass is 9.91. The highest BCUT2D eigenvalue weighted by atomic mass is 35.5. The highest BCUT2D eigenvalue weighted by Gasteiger charge is 2.35. The Morgan fingerprint density at radius 3 is 2.56 bits per heavy atom. The molecule has 1 fully saturated rings. The SMILES string of the molecule is CCC/C=C\CC1COC(c2ccccc2Cl)OC1c1ccccc1OC. The predicted molar refractivity (Wildman–Crippen MR) is 109 cm³/mol. The summed E-state index contributed by atoms with van der Waals surface area (Å²) in [6.07, 6.45) is 7.01. The third-order valence-corrected chi connectivity index (χ3v) is 5.17. The molecule has 2 aromatic rings. The maximum atomic E-state index is 6.43. The molecule has 0 aliphatic carbocycles. The van der Waals surface area contributed by atoms with E-state index >= 15 is 0 Å². The number of methoxy groups -OCH3 is 1. The fourth-order valence-electron chi connectivity index (χ4n) is 3.39. The largest absolute Gasteiger partial charge is 0.496 e. The molecule has 3 unspecified atom stereocenters. The van der Waals surface area contributed by atoms with Crippen molar-refractivity contribution in [3.05, 3.63) is 76.8 Å². The Balaban J connectivity index is 1.87. The van der Waals surface area contributed by atoms with Crippen molar-refractivity contribution >= 4 is 11.6 Å². The first kappa shape index (κ1) is 19.9. The topological polar surface area (TPSA) is 27.7 Å². The molecule has 1 saturated heterocycles. The van der Waals surface area contributed by atoms with Gasteiger partial charge in [0, 0.05) is 22.1 Å². The lowest BCUT2D eigenvalue weighted by Crippen LogP contribution is -2.30. The van der Waals surface area contributed by atoms with Gasteiger partial charge >= 0.3 is 0 Å². The summed E-state index contributed by atoms with van der Waals surface area (Å²) in [5.41, 5.74) is 1.91. The summed E-state index contributed by atoms with van der Waals surface area (Å²) in [6, 6.07) is 15.7. The molecule has 27 heavy (non-hydrogen) atoms. The van der Waals surface area contributed by atoms with Gasteiger partial charge in [-0.1, -0.05) is 73.5 Å². The third kappa shape index (κ3) is 4.92. The number of benzene rings is 2. The Morgan fingerprint density at radius 2 is 1.81 bits per heavy atom. The van der Waals surface area contributed by atoms with E-state index in [0.29, 0.717) is 11.6 Å². The number of para-hydroxylation sites is 1. The number of hydrogen-bond acceptors (Lipinski definition) is 3. The van der Waals surface area contributed by atoms with Crippen LogP contribution >= 0.6 is 11.6 Å². The summed E-state index contributed by atoms with van der Waals surface area (Å²) >= 11 is 6.37. The lowest BCUT2D eigenvalue weighted by Gasteiger charge is -2.37. The van der Waals surface area contributed by atoms with E-state index in [1.54, 1.807) is 7.11 Å². The standard InChI is InChI=1S/C23H27ClO3/c1-3-4-5-6-11-17-16-26-23(18-12-7-9-14-20(18)24)27-22(17)19-13-8-10-15-21(19)25-2/h5-10,12-15,17,22-23H,3-4,11,16H2,1-2H3/b6-5-. The molecular weight excluding hydrogens is 360 g/mol. The van der Waals surface area contributed by atoms with Gasteiger partial charge in [-0.3, -0.25) is 0 Å². The second-order valence-electron chi connectivity index (χ2n) is 6.74. The summed E-state index contributed by atoms with van der Waals surface area (Å²) in [7, 11) is 1.69. The van der Waals surface area contributed by atoms with Crippen molar-refractivity contribution in [1.29, 1.82) is 0 Å². The second-order valence-corrected chi connectivity index (χ2v) is 7.15. The summed E-state index contributed by atoms with van der Waals surface area (Å²) in [6.45, 7) is 2.79. The van der Waals surface area contributed by atoms with E-state index in [1.807, 2.05) is 42.5 Å². The maximum absolute atomic E-state index is 6.43. The molecule has 0 bridgehead atoms. The van der Waals surface area contributed by atoms with Crippen LogP contribution in [0.15, 0.2) is 60.7 Å². The minimum Gasteiger partial charge on any atom is -0.496 e. The van der Waals surface area contributed by atoms with E-state index in [0.717, 1.165) is 36.1 Å². The molecule has 3 rings (SSSR count). The molecule has 0 radical (unpaired) electrons. The van der Waals surface area contributed by atoms with E-state index in [4.69, 9.17) is 25.8 Å². The van der Waals surface area contributed by atoms with Crippen LogP contribution in [-0.2, 0) is 9.47 Å². The molecule has 1 aliphatic heterocycles. The van der Waals surface area contributed by atoms with Crippen molar-refractivity contribution in [1.82, 2.24) is 0 Å². The van der Waals surface area contributed by atoms with Crippen molar-refractivity contribution in [3.63, 3.8) is 0 Å². The van der Waals surface area contributed by atoms with E-state index in [-0.39, 0.29) is 12.0 Å². The van der Waals surface area contributed by atoms with Crippen LogP contribution in [0.5, 0.6) is 5.75 Å². The van der Waals surface area contributed by atoms with Crippen molar-refractivity contribution in [2.45, 2.75) is 38.6 Å². The van der Waals surface area contributed by atoms with Crippen molar-refractivity contribution in [2.24, 2.45) is 5.92 Å².